The molecule has 190 valence electrons. The number of amides is 3. The Morgan fingerprint density at radius 1 is 1.11 bits per heavy atom. The van der Waals surface area contributed by atoms with Gasteiger partial charge >= 0.3 is 0 Å². The summed E-state index contributed by atoms with van der Waals surface area (Å²) in [4.78, 5) is 45.6. The van der Waals surface area contributed by atoms with Crippen molar-refractivity contribution < 1.29 is 19.5 Å². The monoisotopic (exact) mass is 490 g/mol. The van der Waals surface area contributed by atoms with Gasteiger partial charge in [-0.05, 0) is 93.9 Å². The third kappa shape index (κ3) is 4.67. The van der Waals surface area contributed by atoms with E-state index in [-0.39, 0.29) is 18.2 Å². The van der Waals surface area contributed by atoms with Gasteiger partial charge in [0.25, 0.3) is 5.91 Å². The fourth-order valence-corrected chi connectivity index (χ4v) is 5.80. The molecule has 36 heavy (non-hydrogen) atoms. The fraction of sp³-hybridized carbons (Fsp3) is 0.500. The summed E-state index contributed by atoms with van der Waals surface area (Å²) in [5, 5.41) is 12.7. The molecule has 3 aliphatic rings. The molecule has 8 heteroatoms. The molecule has 2 aromatic rings. The van der Waals surface area contributed by atoms with Crippen LogP contribution in [-0.2, 0) is 22.7 Å². The minimum Gasteiger partial charge on any atom is -0.390 e. The van der Waals surface area contributed by atoms with Crippen LogP contribution in [-0.4, -0.2) is 62.3 Å². The molecule has 3 amide bonds. The SMILES string of the molecule is Cc1c(CN2CCC(C(C)(C)O)CC2)ccnc1-c1ccc2c(c1)CN(C1CCC(=O)NC1=O)C2=O. The van der Waals surface area contributed by atoms with E-state index in [1.807, 2.05) is 38.2 Å². The van der Waals surface area contributed by atoms with E-state index in [2.05, 4.69) is 28.2 Å². The fourth-order valence-electron chi connectivity index (χ4n) is 5.80. The standard InChI is InChI=1S/C28H34N4O4/c1-17-19(15-31-12-9-21(10-13-31)28(2,3)36)8-11-29-25(17)18-4-5-22-20(14-18)16-32(27(22)35)23-6-7-24(33)30-26(23)34/h4-5,8,11,14,21,23,36H,6-7,9-10,12-13,15-16H2,1-3H3,(H,30,33,34). The van der Waals surface area contributed by atoms with Gasteiger partial charge < -0.3 is 10.0 Å². The predicted molar refractivity (Wildman–Crippen MR) is 135 cm³/mol. The van der Waals surface area contributed by atoms with Gasteiger partial charge in [0.2, 0.25) is 11.8 Å². The van der Waals surface area contributed by atoms with Gasteiger partial charge in [0.05, 0.1) is 11.3 Å². The quantitative estimate of drug-likeness (QED) is 0.625. The van der Waals surface area contributed by atoms with Gasteiger partial charge in [-0.3, -0.25) is 29.6 Å². The lowest BCUT2D eigenvalue weighted by Gasteiger charge is -2.38. The van der Waals surface area contributed by atoms with Crippen molar-refractivity contribution in [1.29, 1.82) is 0 Å². The van der Waals surface area contributed by atoms with Gasteiger partial charge in [-0.15, -0.1) is 0 Å². The minimum absolute atomic E-state index is 0.168. The van der Waals surface area contributed by atoms with E-state index in [4.69, 9.17) is 0 Å². The molecule has 3 aliphatic heterocycles. The van der Waals surface area contributed by atoms with E-state index in [1.165, 1.54) is 5.56 Å². The summed E-state index contributed by atoms with van der Waals surface area (Å²) >= 11 is 0. The maximum atomic E-state index is 13.0. The van der Waals surface area contributed by atoms with Crippen molar-refractivity contribution >= 4 is 17.7 Å². The number of benzene rings is 1. The second-order valence-corrected chi connectivity index (χ2v) is 10.9. The number of nitrogens with zero attached hydrogens (tertiary/aromatic N) is 3. The van der Waals surface area contributed by atoms with Crippen LogP contribution in [0.4, 0.5) is 0 Å². The Kier molecular flexibility index (Phi) is 6.43. The lowest BCUT2D eigenvalue weighted by molar-refractivity contribution is -0.136. The first kappa shape index (κ1) is 24.6. The number of hydrogen-bond donors (Lipinski definition) is 2. The van der Waals surface area contributed by atoms with Crippen molar-refractivity contribution in [3.05, 3.63) is 52.7 Å². The van der Waals surface area contributed by atoms with E-state index in [0.29, 0.717) is 24.4 Å². The molecule has 2 fully saturated rings. The van der Waals surface area contributed by atoms with Gasteiger partial charge in [0.1, 0.15) is 6.04 Å². The van der Waals surface area contributed by atoms with Gasteiger partial charge in [0, 0.05) is 36.8 Å². The van der Waals surface area contributed by atoms with Crippen LogP contribution in [0.1, 0.15) is 66.6 Å². The summed E-state index contributed by atoms with van der Waals surface area (Å²) in [6.07, 6.45) is 4.42. The number of likely N-dealkylation sites (tertiary alicyclic amines) is 1. The first-order valence-corrected chi connectivity index (χ1v) is 12.8. The minimum atomic E-state index is -0.630. The first-order valence-electron chi connectivity index (χ1n) is 12.8. The number of aliphatic hydroxyl groups is 1. The number of hydrogen-bond acceptors (Lipinski definition) is 6. The molecule has 1 aromatic heterocycles. The Balaban J connectivity index is 1.32. The number of piperidine rings is 2. The highest BCUT2D eigenvalue weighted by atomic mass is 16.3. The number of nitrogens with one attached hydrogen (secondary N) is 1. The van der Waals surface area contributed by atoms with Crippen LogP contribution >= 0.6 is 0 Å². The highest BCUT2D eigenvalue weighted by Crippen LogP contribution is 2.33. The molecule has 0 aliphatic carbocycles. The largest absolute Gasteiger partial charge is 0.390 e. The molecule has 1 atom stereocenters. The average molecular weight is 491 g/mol. The second-order valence-electron chi connectivity index (χ2n) is 10.9. The lowest BCUT2D eigenvalue weighted by Crippen LogP contribution is -2.52. The zero-order valence-corrected chi connectivity index (χ0v) is 21.2. The number of aromatic nitrogens is 1. The predicted octanol–water partition coefficient (Wildman–Crippen LogP) is 2.80. The van der Waals surface area contributed by atoms with E-state index in [0.717, 1.165) is 54.9 Å². The number of fused-ring (bicyclic) bond motifs is 1. The molecule has 1 unspecified atom stereocenters. The maximum absolute atomic E-state index is 13.0. The van der Waals surface area contributed by atoms with Gasteiger partial charge in [0.15, 0.2) is 0 Å². The summed E-state index contributed by atoms with van der Waals surface area (Å²) in [6, 6.07) is 7.22. The van der Waals surface area contributed by atoms with Crippen molar-refractivity contribution in [2.24, 2.45) is 5.92 Å². The van der Waals surface area contributed by atoms with Crippen LogP contribution < -0.4 is 5.32 Å². The molecular weight excluding hydrogens is 456 g/mol. The third-order valence-electron chi connectivity index (χ3n) is 8.09. The highest BCUT2D eigenvalue weighted by molar-refractivity contribution is 6.05. The number of carbonyl (C=O) groups excluding carboxylic acids is 3. The van der Waals surface area contributed by atoms with Gasteiger partial charge in [-0.25, -0.2) is 0 Å². The summed E-state index contributed by atoms with van der Waals surface area (Å²) in [6.45, 7) is 9.01. The zero-order valence-electron chi connectivity index (χ0n) is 21.2. The molecule has 0 saturated carbocycles. The topological polar surface area (TPSA) is 103 Å². The summed E-state index contributed by atoms with van der Waals surface area (Å²) in [5.74, 6) is -0.522. The second kappa shape index (κ2) is 9.41. The third-order valence-corrected chi connectivity index (χ3v) is 8.09. The van der Waals surface area contributed by atoms with Gasteiger partial charge in [-0.2, -0.15) is 0 Å². The lowest BCUT2D eigenvalue weighted by atomic mass is 9.83. The molecule has 4 heterocycles. The van der Waals surface area contributed by atoms with Crippen molar-refractivity contribution in [2.45, 2.75) is 71.2 Å². The van der Waals surface area contributed by atoms with Crippen molar-refractivity contribution in [2.75, 3.05) is 13.1 Å². The smallest absolute Gasteiger partial charge is 0.255 e. The van der Waals surface area contributed by atoms with Crippen LogP contribution in [0, 0.1) is 12.8 Å². The molecule has 0 radical (unpaired) electrons. The molecule has 0 bridgehead atoms. The molecular formula is C28H34N4O4. The Labute approximate surface area is 211 Å². The molecule has 2 N–H and O–H groups in total. The average Bonchev–Trinajstić information content (AvgIpc) is 3.15. The Hall–Kier alpha value is -3.10. The van der Waals surface area contributed by atoms with Crippen LogP contribution in [0.15, 0.2) is 30.5 Å². The van der Waals surface area contributed by atoms with Crippen LogP contribution in [0.2, 0.25) is 0 Å². The maximum Gasteiger partial charge on any atom is 0.255 e. The summed E-state index contributed by atoms with van der Waals surface area (Å²) in [5.41, 5.74) is 5.04. The molecule has 2 saturated heterocycles. The Bertz CT molecular complexity index is 1210. The van der Waals surface area contributed by atoms with E-state index in [1.54, 1.807) is 4.90 Å². The normalized spacial score (nSPS) is 21.6. The van der Waals surface area contributed by atoms with Crippen molar-refractivity contribution in [3.63, 3.8) is 0 Å². The molecule has 1 aromatic carbocycles. The number of imide groups is 1. The molecule has 8 nitrogen and oxygen atoms in total. The summed E-state index contributed by atoms with van der Waals surface area (Å²) in [7, 11) is 0. The van der Waals surface area contributed by atoms with Crippen LogP contribution in [0.3, 0.4) is 0 Å². The zero-order chi connectivity index (χ0) is 25.6. The van der Waals surface area contributed by atoms with Crippen LogP contribution in [0.5, 0.6) is 0 Å². The number of pyridine rings is 1. The Morgan fingerprint density at radius 3 is 2.56 bits per heavy atom. The molecule has 5 rings (SSSR count). The number of carbonyl (C=O) groups is 3. The van der Waals surface area contributed by atoms with Crippen molar-refractivity contribution in [1.82, 2.24) is 20.1 Å². The van der Waals surface area contributed by atoms with Crippen LogP contribution in [0.25, 0.3) is 11.3 Å². The Morgan fingerprint density at radius 2 is 1.86 bits per heavy atom. The van der Waals surface area contributed by atoms with E-state index < -0.39 is 17.6 Å². The first-order chi connectivity index (χ1) is 17.1. The van der Waals surface area contributed by atoms with E-state index in [9.17, 15) is 19.5 Å². The van der Waals surface area contributed by atoms with Gasteiger partial charge in [-0.1, -0.05) is 6.07 Å². The van der Waals surface area contributed by atoms with Crippen molar-refractivity contribution in [3.8, 4) is 11.3 Å². The summed E-state index contributed by atoms with van der Waals surface area (Å²) < 4.78 is 0. The molecule has 0 spiro atoms. The highest BCUT2D eigenvalue weighted by Gasteiger charge is 2.39. The van der Waals surface area contributed by atoms with E-state index >= 15 is 0 Å². The number of rotatable bonds is 5.